The van der Waals surface area contributed by atoms with Crippen molar-refractivity contribution in [2.75, 3.05) is 13.2 Å². The Morgan fingerprint density at radius 2 is 2.12 bits per heavy atom. The van der Waals surface area contributed by atoms with Crippen molar-refractivity contribution in [3.63, 3.8) is 0 Å². The van der Waals surface area contributed by atoms with Crippen LogP contribution in [-0.4, -0.2) is 18.9 Å². The van der Waals surface area contributed by atoms with Gasteiger partial charge < -0.3 is 10.5 Å². The zero-order valence-corrected chi connectivity index (χ0v) is 9.76. The number of hydrogen-bond donors (Lipinski definition) is 1. The number of carbonyl (C=O) groups excluding carboxylic acids is 1. The molecule has 1 aromatic carbocycles. The maximum Gasteiger partial charge on any atom is 0.205 e. The van der Waals surface area contributed by atoms with Crippen molar-refractivity contribution in [2.45, 2.75) is 18.8 Å². The Bertz CT molecular complexity index is 411. The van der Waals surface area contributed by atoms with E-state index < -0.39 is 0 Å². The normalized spacial score (nSPS) is 16.9. The van der Waals surface area contributed by atoms with Crippen LogP contribution in [0.1, 0.15) is 24.3 Å². The highest BCUT2D eigenvalue weighted by atomic mass is 16.5. The van der Waals surface area contributed by atoms with Crippen LogP contribution in [0.15, 0.2) is 42.2 Å². The van der Waals surface area contributed by atoms with Gasteiger partial charge in [0.05, 0.1) is 12.5 Å². The standard InChI is InChI=1S/C14H17NO2/c15-10-12(11-6-2-1-3-7-11)14(16)13-8-4-5-9-17-13/h1-3,6-8,12H,4-5,9-10,15H2. The summed E-state index contributed by atoms with van der Waals surface area (Å²) in [6, 6.07) is 9.62. The second kappa shape index (κ2) is 5.64. The van der Waals surface area contributed by atoms with Gasteiger partial charge in [0.2, 0.25) is 5.78 Å². The van der Waals surface area contributed by atoms with E-state index in [0.29, 0.717) is 18.9 Å². The fourth-order valence-corrected chi connectivity index (χ4v) is 1.98. The Morgan fingerprint density at radius 1 is 1.35 bits per heavy atom. The molecular weight excluding hydrogens is 214 g/mol. The van der Waals surface area contributed by atoms with Crippen LogP contribution in [-0.2, 0) is 9.53 Å². The molecule has 3 heteroatoms. The number of ketones is 1. The van der Waals surface area contributed by atoms with Gasteiger partial charge in [0.15, 0.2) is 5.76 Å². The first-order chi connectivity index (χ1) is 8.33. The molecule has 0 fully saturated rings. The Labute approximate surface area is 101 Å². The summed E-state index contributed by atoms with van der Waals surface area (Å²) in [5, 5.41) is 0. The molecule has 0 amide bonds. The van der Waals surface area contributed by atoms with E-state index in [-0.39, 0.29) is 11.7 Å². The fourth-order valence-electron chi connectivity index (χ4n) is 1.98. The second-order valence-corrected chi connectivity index (χ2v) is 4.12. The predicted molar refractivity (Wildman–Crippen MR) is 66.5 cm³/mol. The lowest BCUT2D eigenvalue weighted by Gasteiger charge is -2.19. The highest BCUT2D eigenvalue weighted by Gasteiger charge is 2.24. The average Bonchev–Trinajstić information content (AvgIpc) is 2.42. The van der Waals surface area contributed by atoms with Crippen LogP contribution in [0.2, 0.25) is 0 Å². The maximum absolute atomic E-state index is 12.3. The molecule has 2 rings (SSSR count). The summed E-state index contributed by atoms with van der Waals surface area (Å²) in [6.07, 6.45) is 3.76. The number of benzene rings is 1. The van der Waals surface area contributed by atoms with Gasteiger partial charge >= 0.3 is 0 Å². The van der Waals surface area contributed by atoms with E-state index in [1.807, 2.05) is 36.4 Å². The quantitative estimate of drug-likeness (QED) is 0.862. The summed E-state index contributed by atoms with van der Waals surface area (Å²) in [5.41, 5.74) is 6.66. The lowest BCUT2D eigenvalue weighted by atomic mass is 9.93. The van der Waals surface area contributed by atoms with Gasteiger partial charge in [-0.1, -0.05) is 30.3 Å². The van der Waals surface area contributed by atoms with Crippen molar-refractivity contribution in [2.24, 2.45) is 5.73 Å². The van der Waals surface area contributed by atoms with Crippen LogP contribution in [0, 0.1) is 0 Å². The van der Waals surface area contributed by atoms with Gasteiger partial charge in [-0.25, -0.2) is 0 Å². The average molecular weight is 231 g/mol. The zero-order valence-electron chi connectivity index (χ0n) is 9.76. The molecule has 0 bridgehead atoms. The summed E-state index contributed by atoms with van der Waals surface area (Å²) in [7, 11) is 0. The molecule has 0 aromatic heterocycles. The number of hydrogen-bond acceptors (Lipinski definition) is 3. The predicted octanol–water partition coefficient (Wildman–Crippen LogP) is 1.99. The Kier molecular flexibility index (Phi) is 3.94. The first-order valence-electron chi connectivity index (χ1n) is 5.95. The van der Waals surface area contributed by atoms with Gasteiger partial charge in [-0.15, -0.1) is 0 Å². The Balaban J connectivity index is 2.19. The first kappa shape index (κ1) is 11.9. The molecule has 1 aliphatic rings. The van der Waals surface area contributed by atoms with E-state index in [9.17, 15) is 4.79 Å². The highest BCUT2D eigenvalue weighted by Crippen LogP contribution is 2.22. The molecule has 1 unspecified atom stereocenters. The highest BCUT2D eigenvalue weighted by molar-refractivity contribution is 5.99. The zero-order chi connectivity index (χ0) is 12.1. The molecule has 0 aliphatic carbocycles. The van der Waals surface area contributed by atoms with Crippen LogP contribution in [0.5, 0.6) is 0 Å². The number of rotatable bonds is 4. The minimum absolute atomic E-state index is 0.00148. The molecule has 1 heterocycles. The molecule has 2 N–H and O–H groups in total. The fraction of sp³-hybridized carbons (Fsp3) is 0.357. The first-order valence-corrected chi connectivity index (χ1v) is 5.95. The minimum Gasteiger partial charge on any atom is -0.490 e. The van der Waals surface area contributed by atoms with Gasteiger partial charge in [-0.3, -0.25) is 4.79 Å². The number of Topliss-reactive ketones (excluding diaryl/α,β-unsaturated/α-hetero) is 1. The van der Waals surface area contributed by atoms with Crippen LogP contribution >= 0.6 is 0 Å². The molecule has 3 nitrogen and oxygen atoms in total. The van der Waals surface area contributed by atoms with Gasteiger partial charge in [-0.05, 0) is 24.5 Å². The molecule has 1 aliphatic heterocycles. The van der Waals surface area contributed by atoms with Gasteiger partial charge in [-0.2, -0.15) is 0 Å². The van der Waals surface area contributed by atoms with Crippen molar-refractivity contribution in [1.82, 2.24) is 0 Å². The SMILES string of the molecule is NCC(C(=O)C1=CCCCO1)c1ccccc1. The smallest absolute Gasteiger partial charge is 0.205 e. The van der Waals surface area contributed by atoms with E-state index in [2.05, 4.69) is 0 Å². The van der Waals surface area contributed by atoms with Gasteiger partial charge in [0, 0.05) is 6.54 Å². The van der Waals surface area contributed by atoms with Crippen molar-refractivity contribution < 1.29 is 9.53 Å². The van der Waals surface area contributed by atoms with E-state index >= 15 is 0 Å². The summed E-state index contributed by atoms with van der Waals surface area (Å²) >= 11 is 0. The lowest BCUT2D eigenvalue weighted by molar-refractivity contribution is -0.120. The van der Waals surface area contributed by atoms with Crippen molar-refractivity contribution >= 4 is 5.78 Å². The molecule has 90 valence electrons. The van der Waals surface area contributed by atoms with Crippen LogP contribution < -0.4 is 5.73 Å². The third-order valence-electron chi connectivity index (χ3n) is 2.93. The number of allylic oxidation sites excluding steroid dienone is 2. The molecule has 1 aromatic rings. The van der Waals surface area contributed by atoms with Gasteiger partial charge in [0.1, 0.15) is 0 Å². The maximum atomic E-state index is 12.3. The van der Waals surface area contributed by atoms with Crippen LogP contribution in [0.4, 0.5) is 0 Å². The van der Waals surface area contributed by atoms with E-state index in [4.69, 9.17) is 10.5 Å². The summed E-state index contributed by atoms with van der Waals surface area (Å²) in [5.74, 6) is 0.189. The van der Waals surface area contributed by atoms with Crippen LogP contribution in [0.3, 0.4) is 0 Å². The molecule has 0 saturated carbocycles. The third kappa shape index (κ3) is 2.74. The molecule has 0 saturated heterocycles. The third-order valence-corrected chi connectivity index (χ3v) is 2.93. The number of carbonyl (C=O) groups is 1. The van der Waals surface area contributed by atoms with Crippen LogP contribution in [0.25, 0.3) is 0 Å². The second-order valence-electron chi connectivity index (χ2n) is 4.12. The van der Waals surface area contributed by atoms with E-state index in [1.54, 1.807) is 0 Å². The molecular formula is C14H17NO2. The number of nitrogens with two attached hydrogens (primary N) is 1. The number of ether oxygens (including phenoxy) is 1. The molecule has 0 radical (unpaired) electrons. The molecule has 0 spiro atoms. The minimum atomic E-state index is -0.291. The van der Waals surface area contributed by atoms with Crippen molar-refractivity contribution in [3.05, 3.63) is 47.7 Å². The summed E-state index contributed by atoms with van der Waals surface area (Å²) in [6.45, 7) is 0.938. The molecule has 17 heavy (non-hydrogen) atoms. The summed E-state index contributed by atoms with van der Waals surface area (Å²) in [4.78, 5) is 12.3. The largest absolute Gasteiger partial charge is 0.490 e. The Hall–Kier alpha value is -1.61. The Morgan fingerprint density at radius 3 is 2.71 bits per heavy atom. The van der Waals surface area contributed by atoms with E-state index in [0.717, 1.165) is 18.4 Å². The lowest BCUT2D eigenvalue weighted by Crippen LogP contribution is -2.25. The molecule has 1 atom stereocenters. The van der Waals surface area contributed by atoms with Crippen molar-refractivity contribution in [3.8, 4) is 0 Å². The van der Waals surface area contributed by atoms with E-state index in [1.165, 1.54) is 0 Å². The summed E-state index contributed by atoms with van der Waals surface area (Å²) < 4.78 is 5.40. The van der Waals surface area contributed by atoms with Crippen molar-refractivity contribution in [1.29, 1.82) is 0 Å². The monoisotopic (exact) mass is 231 g/mol. The topological polar surface area (TPSA) is 52.3 Å². The van der Waals surface area contributed by atoms with Gasteiger partial charge in [0.25, 0.3) is 0 Å².